The molecule has 96 valence electrons. The Labute approximate surface area is 110 Å². The van der Waals surface area contributed by atoms with E-state index in [1.165, 1.54) is 10.5 Å². The van der Waals surface area contributed by atoms with Crippen LogP contribution in [-0.4, -0.2) is 37.3 Å². The first-order valence-corrected chi connectivity index (χ1v) is 7.58. The summed E-state index contributed by atoms with van der Waals surface area (Å²) < 4.78 is 0. The summed E-state index contributed by atoms with van der Waals surface area (Å²) in [6, 6.07) is 8.78. The summed E-state index contributed by atoms with van der Waals surface area (Å²) in [7, 11) is 0. The second kappa shape index (κ2) is 8.56. The quantitative estimate of drug-likeness (QED) is 0.566. The molecule has 0 aromatic heterocycles. The topological polar surface area (TPSA) is 15.3 Å². The highest BCUT2D eigenvalue weighted by atomic mass is 32.2. The molecule has 1 N–H and O–H groups in total. The number of benzene rings is 1. The molecule has 0 heterocycles. The number of hydrogen-bond acceptors (Lipinski definition) is 3. The van der Waals surface area contributed by atoms with Gasteiger partial charge in [0.25, 0.3) is 0 Å². The number of rotatable bonds is 8. The smallest absolute Gasteiger partial charge is 0.0206 e. The van der Waals surface area contributed by atoms with E-state index >= 15 is 0 Å². The lowest BCUT2D eigenvalue weighted by Gasteiger charge is -2.18. The van der Waals surface area contributed by atoms with Crippen LogP contribution in [-0.2, 0) is 6.54 Å². The predicted molar refractivity (Wildman–Crippen MR) is 77.7 cm³/mol. The predicted octanol–water partition coefficient (Wildman–Crippen LogP) is 2.84. The zero-order chi connectivity index (χ0) is 12.5. The van der Waals surface area contributed by atoms with Crippen molar-refractivity contribution in [2.24, 2.45) is 0 Å². The lowest BCUT2D eigenvalue weighted by atomic mass is 10.2. The van der Waals surface area contributed by atoms with Crippen LogP contribution in [0.3, 0.4) is 0 Å². The third kappa shape index (κ3) is 5.57. The fourth-order valence-corrected chi connectivity index (χ4v) is 2.16. The van der Waals surface area contributed by atoms with E-state index in [9.17, 15) is 0 Å². The van der Waals surface area contributed by atoms with Crippen molar-refractivity contribution in [2.75, 3.05) is 32.4 Å². The summed E-state index contributed by atoms with van der Waals surface area (Å²) in [4.78, 5) is 3.76. The van der Waals surface area contributed by atoms with Crippen molar-refractivity contribution >= 4 is 11.8 Å². The molecule has 1 aromatic carbocycles. The van der Waals surface area contributed by atoms with Crippen LogP contribution in [0.15, 0.2) is 29.2 Å². The molecular weight excluding hydrogens is 228 g/mol. The minimum Gasteiger partial charge on any atom is -0.311 e. The Hall–Kier alpha value is -0.510. The lowest BCUT2D eigenvalue weighted by molar-refractivity contribution is 0.302. The number of hydrogen-bond donors (Lipinski definition) is 1. The van der Waals surface area contributed by atoms with Crippen LogP contribution in [0.5, 0.6) is 0 Å². The van der Waals surface area contributed by atoms with Crippen LogP contribution in [0.1, 0.15) is 19.4 Å². The Morgan fingerprint density at radius 3 is 2.29 bits per heavy atom. The van der Waals surface area contributed by atoms with Gasteiger partial charge in [-0.05, 0) is 37.0 Å². The molecule has 0 saturated carbocycles. The Bertz CT molecular complexity index is 294. The molecule has 1 rings (SSSR count). The van der Waals surface area contributed by atoms with E-state index in [0.717, 1.165) is 32.7 Å². The van der Waals surface area contributed by atoms with Gasteiger partial charge < -0.3 is 10.2 Å². The average Bonchev–Trinajstić information content (AvgIpc) is 2.40. The highest BCUT2D eigenvalue weighted by Crippen LogP contribution is 2.14. The molecule has 3 heteroatoms. The van der Waals surface area contributed by atoms with E-state index in [1.807, 2.05) is 0 Å². The summed E-state index contributed by atoms with van der Waals surface area (Å²) in [5.74, 6) is 0. The van der Waals surface area contributed by atoms with E-state index in [0.29, 0.717) is 0 Å². The first kappa shape index (κ1) is 14.6. The number of nitrogens with zero attached hydrogens (tertiary/aromatic N) is 1. The van der Waals surface area contributed by atoms with Crippen LogP contribution in [0, 0.1) is 0 Å². The van der Waals surface area contributed by atoms with E-state index in [2.05, 4.69) is 54.6 Å². The zero-order valence-corrected chi connectivity index (χ0v) is 12.0. The summed E-state index contributed by atoms with van der Waals surface area (Å²) in [5, 5.41) is 3.49. The number of likely N-dealkylation sites (N-methyl/N-ethyl adjacent to an activating group) is 1. The molecule has 0 bridgehead atoms. The molecule has 0 fully saturated rings. The van der Waals surface area contributed by atoms with Gasteiger partial charge in [0, 0.05) is 24.5 Å². The van der Waals surface area contributed by atoms with Crippen molar-refractivity contribution in [3.8, 4) is 0 Å². The van der Waals surface area contributed by atoms with Gasteiger partial charge in [-0.1, -0.05) is 26.0 Å². The van der Waals surface area contributed by atoms with Crippen LogP contribution in [0.25, 0.3) is 0 Å². The van der Waals surface area contributed by atoms with Gasteiger partial charge in [0.05, 0.1) is 0 Å². The first-order valence-electron chi connectivity index (χ1n) is 6.36. The molecule has 0 atom stereocenters. The Balaban J connectivity index is 2.21. The highest BCUT2D eigenvalue weighted by molar-refractivity contribution is 7.98. The van der Waals surface area contributed by atoms with Gasteiger partial charge in [0.1, 0.15) is 0 Å². The van der Waals surface area contributed by atoms with E-state index in [1.54, 1.807) is 11.8 Å². The SMILES string of the molecule is CCN(CC)CCNCc1ccc(SC)cc1. The van der Waals surface area contributed by atoms with Gasteiger partial charge in [-0.25, -0.2) is 0 Å². The normalized spacial score (nSPS) is 11.1. The fourth-order valence-electron chi connectivity index (χ4n) is 1.75. The molecule has 1 aromatic rings. The zero-order valence-electron chi connectivity index (χ0n) is 11.2. The monoisotopic (exact) mass is 252 g/mol. The van der Waals surface area contributed by atoms with Gasteiger partial charge in [-0.3, -0.25) is 0 Å². The van der Waals surface area contributed by atoms with E-state index < -0.39 is 0 Å². The van der Waals surface area contributed by atoms with Crippen molar-refractivity contribution in [3.63, 3.8) is 0 Å². The molecule has 0 aliphatic heterocycles. The lowest BCUT2D eigenvalue weighted by Crippen LogP contribution is -2.31. The molecular formula is C14H24N2S. The first-order chi connectivity index (χ1) is 8.30. The molecule has 0 radical (unpaired) electrons. The molecule has 0 aliphatic carbocycles. The van der Waals surface area contributed by atoms with Crippen LogP contribution < -0.4 is 5.32 Å². The van der Waals surface area contributed by atoms with Crippen LogP contribution in [0.4, 0.5) is 0 Å². The second-order valence-electron chi connectivity index (χ2n) is 4.05. The maximum Gasteiger partial charge on any atom is 0.0206 e. The summed E-state index contributed by atoms with van der Waals surface area (Å²) >= 11 is 1.79. The number of thioether (sulfide) groups is 1. The number of nitrogens with one attached hydrogen (secondary N) is 1. The fraction of sp³-hybridized carbons (Fsp3) is 0.571. The molecule has 0 aliphatic rings. The van der Waals surface area contributed by atoms with Crippen molar-refractivity contribution in [1.29, 1.82) is 0 Å². The van der Waals surface area contributed by atoms with Crippen molar-refractivity contribution in [2.45, 2.75) is 25.3 Å². The van der Waals surface area contributed by atoms with Crippen molar-refractivity contribution < 1.29 is 0 Å². The van der Waals surface area contributed by atoms with E-state index in [4.69, 9.17) is 0 Å². The molecule has 0 saturated heterocycles. The third-order valence-electron chi connectivity index (χ3n) is 2.99. The maximum absolute atomic E-state index is 3.49. The molecule has 0 amide bonds. The van der Waals surface area contributed by atoms with E-state index in [-0.39, 0.29) is 0 Å². The molecule has 2 nitrogen and oxygen atoms in total. The highest BCUT2D eigenvalue weighted by Gasteiger charge is 1.98. The van der Waals surface area contributed by atoms with Gasteiger partial charge in [-0.2, -0.15) is 0 Å². The Morgan fingerprint density at radius 2 is 1.76 bits per heavy atom. The standard InChI is InChI=1S/C14H24N2S/c1-4-16(5-2)11-10-15-12-13-6-8-14(17-3)9-7-13/h6-9,15H,4-5,10-12H2,1-3H3. The van der Waals surface area contributed by atoms with Crippen LogP contribution >= 0.6 is 11.8 Å². The Morgan fingerprint density at radius 1 is 1.12 bits per heavy atom. The summed E-state index contributed by atoms with van der Waals surface area (Å²) in [6.07, 6.45) is 2.11. The summed E-state index contributed by atoms with van der Waals surface area (Å²) in [5.41, 5.74) is 1.36. The summed E-state index contributed by atoms with van der Waals surface area (Å²) in [6.45, 7) is 9.87. The van der Waals surface area contributed by atoms with Gasteiger partial charge in [-0.15, -0.1) is 11.8 Å². The largest absolute Gasteiger partial charge is 0.311 e. The molecule has 0 spiro atoms. The minimum absolute atomic E-state index is 0.968. The maximum atomic E-state index is 3.49. The van der Waals surface area contributed by atoms with Gasteiger partial charge in [0.15, 0.2) is 0 Å². The van der Waals surface area contributed by atoms with Crippen molar-refractivity contribution in [1.82, 2.24) is 10.2 Å². The second-order valence-corrected chi connectivity index (χ2v) is 4.93. The molecule has 0 unspecified atom stereocenters. The van der Waals surface area contributed by atoms with Gasteiger partial charge >= 0.3 is 0 Å². The minimum atomic E-state index is 0.968. The molecule has 17 heavy (non-hydrogen) atoms. The third-order valence-corrected chi connectivity index (χ3v) is 3.73. The van der Waals surface area contributed by atoms with Crippen LogP contribution in [0.2, 0.25) is 0 Å². The Kier molecular flexibility index (Phi) is 7.33. The average molecular weight is 252 g/mol. The van der Waals surface area contributed by atoms with Crippen molar-refractivity contribution in [3.05, 3.63) is 29.8 Å². The van der Waals surface area contributed by atoms with Gasteiger partial charge in [0.2, 0.25) is 0 Å².